The van der Waals surface area contributed by atoms with Crippen LogP contribution in [-0.2, 0) is 4.89 Å². The van der Waals surface area contributed by atoms with Crippen molar-refractivity contribution in [1.82, 2.24) is 0 Å². The Balaban J connectivity index is 3.69. The van der Waals surface area contributed by atoms with Crippen LogP contribution in [0.15, 0.2) is 0 Å². The van der Waals surface area contributed by atoms with Crippen LogP contribution >= 0.6 is 0 Å². The maximum atomic E-state index is 9.05. The Morgan fingerprint density at radius 1 is 1.40 bits per heavy atom. The SMILES string of the molecule is CCC(O)C(O)[C@H](C)OO. The zero-order valence-electron chi connectivity index (χ0n) is 6.19. The highest BCUT2D eigenvalue weighted by Gasteiger charge is 2.21. The minimum absolute atomic E-state index is 0.439. The summed E-state index contributed by atoms with van der Waals surface area (Å²) in [6, 6.07) is 0. The monoisotopic (exact) mass is 150 g/mol. The van der Waals surface area contributed by atoms with E-state index in [4.69, 9.17) is 15.5 Å². The number of aliphatic hydroxyl groups is 2. The molecule has 10 heavy (non-hydrogen) atoms. The van der Waals surface area contributed by atoms with Gasteiger partial charge in [0.2, 0.25) is 0 Å². The third kappa shape index (κ3) is 2.62. The summed E-state index contributed by atoms with van der Waals surface area (Å²) in [6.45, 7) is 3.21. The molecule has 4 heteroatoms. The molecule has 0 radical (unpaired) electrons. The fourth-order valence-corrected chi connectivity index (χ4v) is 0.617. The van der Waals surface area contributed by atoms with Crippen molar-refractivity contribution < 1.29 is 20.4 Å². The van der Waals surface area contributed by atoms with E-state index in [0.717, 1.165) is 0 Å². The highest BCUT2D eigenvalue weighted by atomic mass is 17.1. The molecule has 3 N–H and O–H groups in total. The molecule has 0 saturated heterocycles. The first-order valence-corrected chi connectivity index (χ1v) is 3.29. The van der Waals surface area contributed by atoms with Crippen LogP contribution in [0.1, 0.15) is 20.3 Å². The van der Waals surface area contributed by atoms with Crippen LogP contribution in [0, 0.1) is 0 Å². The maximum absolute atomic E-state index is 9.05. The van der Waals surface area contributed by atoms with Crippen molar-refractivity contribution in [1.29, 1.82) is 0 Å². The molecule has 62 valence electrons. The summed E-state index contributed by atoms with van der Waals surface area (Å²) in [5, 5.41) is 26.1. The van der Waals surface area contributed by atoms with Gasteiger partial charge in [0.25, 0.3) is 0 Å². The van der Waals surface area contributed by atoms with Gasteiger partial charge in [0.05, 0.1) is 6.10 Å². The molecule has 0 heterocycles. The van der Waals surface area contributed by atoms with E-state index >= 15 is 0 Å². The lowest BCUT2D eigenvalue weighted by molar-refractivity contribution is -0.298. The van der Waals surface area contributed by atoms with Gasteiger partial charge < -0.3 is 10.2 Å². The molecule has 0 aliphatic rings. The quantitative estimate of drug-likeness (QED) is 0.389. The predicted molar refractivity (Wildman–Crippen MR) is 35.5 cm³/mol. The summed E-state index contributed by atoms with van der Waals surface area (Å²) in [7, 11) is 0. The number of aliphatic hydroxyl groups excluding tert-OH is 2. The molecule has 2 unspecified atom stereocenters. The van der Waals surface area contributed by atoms with Crippen LogP contribution in [0.5, 0.6) is 0 Å². The van der Waals surface area contributed by atoms with Gasteiger partial charge in [-0.15, -0.1) is 0 Å². The topological polar surface area (TPSA) is 69.9 Å². The van der Waals surface area contributed by atoms with E-state index in [0.29, 0.717) is 6.42 Å². The van der Waals surface area contributed by atoms with E-state index in [-0.39, 0.29) is 0 Å². The highest BCUT2D eigenvalue weighted by Crippen LogP contribution is 2.04. The number of hydrogen-bond donors (Lipinski definition) is 3. The fraction of sp³-hybridized carbons (Fsp3) is 1.00. The van der Waals surface area contributed by atoms with Crippen LogP contribution in [0.4, 0.5) is 0 Å². The molecule has 0 fully saturated rings. The van der Waals surface area contributed by atoms with Gasteiger partial charge >= 0.3 is 0 Å². The lowest BCUT2D eigenvalue weighted by Gasteiger charge is -2.19. The second-order valence-electron chi connectivity index (χ2n) is 2.28. The van der Waals surface area contributed by atoms with E-state index in [1.54, 1.807) is 6.92 Å². The normalized spacial score (nSPS) is 20.1. The van der Waals surface area contributed by atoms with Crippen LogP contribution < -0.4 is 0 Å². The van der Waals surface area contributed by atoms with Crippen molar-refractivity contribution in [2.75, 3.05) is 0 Å². The second-order valence-corrected chi connectivity index (χ2v) is 2.28. The van der Waals surface area contributed by atoms with E-state index < -0.39 is 18.3 Å². The summed E-state index contributed by atoms with van der Waals surface area (Å²) in [4.78, 5) is 3.82. The lowest BCUT2D eigenvalue weighted by Crippen LogP contribution is -2.36. The third-order valence-electron chi connectivity index (χ3n) is 1.46. The van der Waals surface area contributed by atoms with Crippen molar-refractivity contribution in [3.8, 4) is 0 Å². The van der Waals surface area contributed by atoms with Crippen molar-refractivity contribution in [3.05, 3.63) is 0 Å². The third-order valence-corrected chi connectivity index (χ3v) is 1.46. The van der Waals surface area contributed by atoms with Gasteiger partial charge in [-0.2, -0.15) is 0 Å². The van der Waals surface area contributed by atoms with Crippen molar-refractivity contribution in [2.24, 2.45) is 0 Å². The van der Waals surface area contributed by atoms with Gasteiger partial charge in [-0.1, -0.05) is 6.92 Å². The summed E-state index contributed by atoms with van der Waals surface area (Å²) >= 11 is 0. The molecule has 0 rings (SSSR count). The Hall–Kier alpha value is -0.160. The van der Waals surface area contributed by atoms with E-state index in [1.165, 1.54) is 6.92 Å². The molecule has 0 bridgehead atoms. The van der Waals surface area contributed by atoms with Gasteiger partial charge in [-0.25, -0.2) is 4.89 Å². The Bertz CT molecular complexity index is 75.8. The number of hydrogen-bond acceptors (Lipinski definition) is 4. The summed E-state index contributed by atoms with van der Waals surface area (Å²) in [5.74, 6) is 0. The Labute approximate surface area is 60.0 Å². The van der Waals surface area contributed by atoms with Crippen molar-refractivity contribution in [2.45, 2.75) is 38.6 Å². The summed E-state index contributed by atoms with van der Waals surface area (Å²) in [5.41, 5.74) is 0. The standard InChI is InChI=1S/C6H14O4/c1-3-5(7)6(8)4(2)10-9/h4-9H,3H2,1-2H3/t4-,5?,6?/m0/s1. The van der Waals surface area contributed by atoms with Gasteiger partial charge in [0.15, 0.2) is 0 Å². The first kappa shape index (κ1) is 9.84. The Morgan fingerprint density at radius 3 is 2.20 bits per heavy atom. The van der Waals surface area contributed by atoms with Crippen LogP contribution in [0.2, 0.25) is 0 Å². The molecule has 0 aromatic heterocycles. The molecule has 0 aromatic rings. The molecule has 0 amide bonds. The fourth-order valence-electron chi connectivity index (χ4n) is 0.617. The minimum Gasteiger partial charge on any atom is -0.390 e. The molecule has 0 aliphatic carbocycles. The molecule has 0 aliphatic heterocycles. The Morgan fingerprint density at radius 2 is 1.90 bits per heavy atom. The zero-order valence-corrected chi connectivity index (χ0v) is 6.19. The van der Waals surface area contributed by atoms with Crippen molar-refractivity contribution >= 4 is 0 Å². The van der Waals surface area contributed by atoms with E-state index in [9.17, 15) is 0 Å². The van der Waals surface area contributed by atoms with Crippen molar-refractivity contribution in [3.63, 3.8) is 0 Å². The molecule has 0 saturated carbocycles. The van der Waals surface area contributed by atoms with Gasteiger partial charge in [-0.3, -0.25) is 5.26 Å². The Kier molecular flexibility index (Phi) is 4.55. The highest BCUT2D eigenvalue weighted by molar-refractivity contribution is 4.70. The average Bonchev–Trinajstić information content (AvgIpc) is 2.00. The second kappa shape index (κ2) is 4.62. The van der Waals surface area contributed by atoms with Gasteiger partial charge in [0.1, 0.15) is 12.2 Å². The molecular weight excluding hydrogens is 136 g/mol. The summed E-state index contributed by atoms with van der Waals surface area (Å²) < 4.78 is 0. The van der Waals surface area contributed by atoms with Crippen LogP contribution in [0.25, 0.3) is 0 Å². The summed E-state index contributed by atoms with van der Waals surface area (Å²) in [6.07, 6.45) is -2.15. The largest absolute Gasteiger partial charge is 0.390 e. The van der Waals surface area contributed by atoms with Gasteiger partial charge in [-0.05, 0) is 13.3 Å². The predicted octanol–water partition coefficient (Wildman–Crippen LogP) is -0.00370. The molecular formula is C6H14O4. The smallest absolute Gasteiger partial charge is 0.118 e. The first-order chi connectivity index (χ1) is 4.63. The van der Waals surface area contributed by atoms with E-state index in [1.807, 2.05) is 0 Å². The lowest BCUT2D eigenvalue weighted by atomic mass is 10.1. The average molecular weight is 150 g/mol. The van der Waals surface area contributed by atoms with Crippen LogP contribution in [-0.4, -0.2) is 33.8 Å². The molecule has 4 nitrogen and oxygen atoms in total. The van der Waals surface area contributed by atoms with Crippen LogP contribution in [0.3, 0.4) is 0 Å². The minimum atomic E-state index is -1.02. The van der Waals surface area contributed by atoms with Gasteiger partial charge in [0, 0.05) is 0 Å². The molecule has 0 aromatic carbocycles. The molecule has 3 atom stereocenters. The number of rotatable bonds is 4. The maximum Gasteiger partial charge on any atom is 0.118 e. The molecule has 0 spiro atoms. The first-order valence-electron chi connectivity index (χ1n) is 3.29. The van der Waals surface area contributed by atoms with E-state index in [2.05, 4.69) is 4.89 Å². The zero-order chi connectivity index (χ0) is 8.15.